The average Bonchev–Trinajstić information content (AvgIpc) is 2.71. The molecule has 0 aliphatic heterocycles. The van der Waals surface area contributed by atoms with Crippen molar-refractivity contribution in [3.05, 3.63) is 0 Å². The molecule has 0 fully saturated rings. The highest BCUT2D eigenvalue weighted by Gasteiger charge is 2.18. The maximum absolute atomic E-state index is 11.1. The topological polar surface area (TPSA) is 65.0 Å². The lowest BCUT2D eigenvalue weighted by Crippen LogP contribution is -2.29. The van der Waals surface area contributed by atoms with E-state index in [2.05, 4.69) is 6.92 Å². The number of rotatable bonds is 24. The van der Waals surface area contributed by atoms with Crippen molar-refractivity contribution < 1.29 is 24.1 Å². The molecular formula is C24H48O5. The average molecular weight is 417 g/mol. The first kappa shape index (κ1) is 28.4. The first-order valence-corrected chi connectivity index (χ1v) is 12.3. The van der Waals surface area contributed by atoms with Gasteiger partial charge in [-0.15, -0.1) is 0 Å². The zero-order valence-electron chi connectivity index (χ0n) is 19.3. The summed E-state index contributed by atoms with van der Waals surface area (Å²) in [6, 6.07) is 0. The second-order valence-corrected chi connectivity index (χ2v) is 7.91. The Bertz CT molecular complexity index is 335. The molecule has 1 unspecified atom stereocenters. The number of unbranched alkanes of at least 4 members (excludes halogenated alkanes) is 15. The Balaban J connectivity index is 3.28. The summed E-state index contributed by atoms with van der Waals surface area (Å²) in [5, 5.41) is 9.07. The summed E-state index contributed by atoms with van der Waals surface area (Å²) < 4.78 is 15.6. The van der Waals surface area contributed by atoms with Crippen LogP contribution in [0, 0.1) is 0 Å². The van der Waals surface area contributed by atoms with Crippen LogP contribution < -0.4 is 0 Å². The minimum atomic E-state index is -1.17. The lowest BCUT2D eigenvalue weighted by Gasteiger charge is -2.14. The van der Waals surface area contributed by atoms with Crippen LogP contribution in [0.15, 0.2) is 0 Å². The Kier molecular flexibility index (Phi) is 23.1. The van der Waals surface area contributed by atoms with Crippen molar-refractivity contribution in [3.8, 4) is 0 Å². The SMILES string of the molecule is CCCCCCCCCCCCCCCCCCOC(OCCOCC)C(=O)O. The summed E-state index contributed by atoms with van der Waals surface area (Å²) in [7, 11) is 0. The van der Waals surface area contributed by atoms with Crippen LogP contribution in [0.2, 0.25) is 0 Å². The molecule has 1 atom stereocenters. The Morgan fingerprint density at radius 1 is 0.621 bits per heavy atom. The highest BCUT2D eigenvalue weighted by molar-refractivity contribution is 5.70. The summed E-state index contributed by atoms with van der Waals surface area (Å²) in [5.74, 6) is -1.07. The fourth-order valence-corrected chi connectivity index (χ4v) is 3.39. The van der Waals surface area contributed by atoms with Gasteiger partial charge in [0.1, 0.15) is 0 Å². The lowest BCUT2D eigenvalue weighted by molar-refractivity contribution is -0.192. The Labute approximate surface area is 179 Å². The number of hydrogen-bond acceptors (Lipinski definition) is 4. The Morgan fingerprint density at radius 3 is 1.45 bits per heavy atom. The molecule has 5 nitrogen and oxygen atoms in total. The molecule has 0 aromatic heterocycles. The molecule has 0 radical (unpaired) electrons. The van der Waals surface area contributed by atoms with Gasteiger partial charge in [0.25, 0.3) is 6.29 Å². The molecule has 0 saturated carbocycles. The zero-order valence-corrected chi connectivity index (χ0v) is 19.3. The summed E-state index contributed by atoms with van der Waals surface area (Å²) in [6.45, 7) is 5.83. The maximum Gasteiger partial charge on any atom is 0.361 e. The van der Waals surface area contributed by atoms with Gasteiger partial charge in [0, 0.05) is 6.61 Å². The fraction of sp³-hybridized carbons (Fsp3) is 0.958. The largest absolute Gasteiger partial charge is 0.477 e. The minimum absolute atomic E-state index is 0.240. The van der Waals surface area contributed by atoms with Crippen molar-refractivity contribution in [2.24, 2.45) is 0 Å². The summed E-state index contributed by atoms with van der Waals surface area (Å²) in [4.78, 5) is 11.1. The van der Waals surface area contributed by atoms with Crippen molar-refractivity contribution in [3.63, 3.8) is 0 Å². The highest BCUT2D eigenvalue weighted by Crippen LogP contribution is 2.13. The van der Waals surface area contributed by atoms with Gasteiger partial charge in [0.15, 0.2) is 0 Å². The summed E-state index contributed by atoms with van der Waals surface area (Å²) in [5.41, 5.74) is 0. The monoisotopic (exact) mass is 416 g/mol. The fourth-order valence-electron chi connectivity index (χ4n) is 3.39. The van der Waals surface area contributed by atoms with E-state index in [1.807, 2.05) is 6.92 Å². The van der Waals surface area contributed by atoms with Crippen LogP contribution >= 0.6 is 0 Å². The van der Waals surface area contributed by atoms with Crippen molar-refractivity contribution >= 4 is 5.97 Å². The van der Waals surface area contributed by atoms with E-state index in [0.29, 0.717) is 19.8 Å². The van der Waals surface area contributed by atoms with Crippen molar-refractivity contribution in [1.82, 2.24) is 0 Å². The molecule has 5 heteroatoms. The Hall–Kier alpha value is -0.650. The molecule has 0 heterocycles. The zero-order chi connectivity index (χ0) is 21.4. The molecule has 0 aromatic carbocycles. The van der Waals surface area contributed by atoms with E-state index < -0.39 is 12.3 Å². The van der Waals surface area contributed by atoms with Crippen LogP contribution in [0.4, 0.5) is 0 Å². The smallest absolute Gasteiger partial charge is 0.361 e. The molecule has 0 aliphatic carbocycles. The van der Waals surface area contributed by atoms with Gasteiger partial charge in [-0.25, -0.2) is 4.79 Å². The van der Waals surface area contributed by atoms with Crippen LogP contribution in [-0.2, 0) is 19.0 Å². The molecule has 0 saturated heterocycles. The predicted octanol–water partition coefficient (Wildman–Crippen LogP) is 6.73. The number of carbonyl (C=O) groups is 1. The van der Waals surface area contributed by atoms with Crippen LogP contribution in [0.3, 0.4) is 0 Å². The molecule has 0 aliphatic rings. The van der Waals surface area contributed by atoms with E-state index in [1.165, 1.54) is 89.9 Å². The molecule has 174 valence electrons. The quantitative estimate of drug-likeness (QED) is 0.140. The molecule has 0 aromatic rings. The first-order valence-electron chi connectivity index (χ1n) is 12.3. The van der Waals surface area contributed by atoms with E-state index in [-0.39, 0.29) is 6.61 Å². The molecule has 0 amide bonds. The van der Waals surface area contributed by atoms with E-state index in [9.17, 15) is 4.79 Å². The van der Waals surface area contributed by atoms with Gasteiger partial charge >= 0.3 is 5.97 Å². The van der Waals surface area contributed by atoms with Gasteiger partial charge in [-0.05, 0) is 13.3 Å². The van der Waals surface area contributed by atoms with Crippen LogP contribution in [0.1, 0.15) is 117 Å². The predicted molar refractivity (Wildman–Crippen MR) is 119 cm³/mol. The normalized spacial score (nSPS) is 12.3. The van der Waals surface area contributed by atoms with Crippen molar-refractivity contribution in [1.29, 1.82) is 0 Å². The van der Waals surface area contributed by atoms with E-state index in [0.717, 1.165) is 12.8 Å². The third kappa shape index (κ3) is 21.9. The van der Waals surface area contributed by atoms with Crippen molar-refractivity contribution in [2.75, 3.05) is 26.4 Å². The second-order valence-electron chi connectivity index (χ2n) is 7.91. The lowest BCUT2D eigenvalue weighted by atomic mass is 10.0. The third-order valence-electron chi connectivity index (χ3n) is 5.17. The minimum Gasteiger partial charge on any atom is -0.477 e. The van der Waals surface area contributed by atoms with Crippen LogP contribution in [0.5, 0.6) is 0 Å². The van der Waals surface area contributed by atoms with Gasteiger partial charge in [-0.3, -0.25) is 0 Å². The van der Waals surface area contributed by atoms with Gasteiger partial charge < -0.3 is 19.3 Å². The summed E-state index contributed by atoms with van der Waals surface area (Å²) in [6.07, 6.45) is 20.0. The van der Waals surface area contributed by atoms with Crippen LogP contribution in [0.25, 0.3) is 0 Å². The number of carboxylic acids is 1. The first-order chi connectivity index (χ1) is 14.2. The molecular weight excluding hydrogens is 368 g/mol. The Morgan fingerprint density at radius 2 is 1.03 bits per heavy atom. The van der Waals surface area contributed by atoms with Gasteiger partial charge in [0.05, 0.1) is 19.8 Å². The molecule has 0 bridgehead atoms. The number of ether oxygens (including phenoxy) is 3. The highest BCUT2D eigenvalue weighted by atomic mass is 16.7. The van der Waals surface area contributed by atoms with Crippen molar-refractivity contribution in [2.45, 2.75) is 123 Å². The molecule has 0 rings (SSSR count). The van der Waals surface area contributed by atoms with Gasteiger partial charge in [-0.2, -0.15) is 0 Å². The maximum atomic E-state index is 11.1. The number of hydrogen-bond donors (Lipinski definition) is 1. The standard InChI is InChI=1S/C24H48O5/c1-3-5-6-7-8-9-10-11-12-13-14-15-16-17-18-19-20-28-24(23(25)26)29-22-21-27-4-2/h24H,3-22H2,1-2H3,(H,25,26). The molecule has 29 heavy (non-hydrogen) atoms. The second kappa shape index (κ2) is 23.6. The van der Waals surface area contributed by atoms with Gasteiger partial charge in [-0.1, -0.05) is 103 Å². The van der Waals surface area contributed by atoms with Gasteiger partial charge in [0.2, 0.25) is 0 Å². The molecule has 0 spiro atoms. The third-order valence-corrected chi connectivity index (χ3v) is 5.17. The molecule has 1 N–H and O–H groups in total. The number of carboxylic acid groups (broad SMARTS) is 1. The van der Waals surface area contributed by atoms with E-state index in [4.69, 9.17) is 19.3 Å². The van der Waals surface area contributed by atoms with E-state index in [1.54, 1.807) is 0 Å². The summed E-state index contributed by atoms with van der Waals surface area (Å²) >= 11 is 0. The number of aliphatic carboxylic acids is 1. The van der Waals surface area contributed by atoms with Crippen LogP contribution in [-0.4, -0.2) is 43.8 Å². The van der Waals surface area contributed by atoms with E-state index >= 15 is 0 Å².